The molecule has 0 aliphatic carbocycles. The fraction of sp³-hybridized carbons (Fsp3) is 0.462. The second-order valence-electron chi connectivity index (χ2n) is 8.57. The van der Waals surface area contributed by atoms with E-state index in [2.05, 4.69) is 75.2 Å². The number of likely N-dealkylation sites (N-methyl/N-ethyl adjacent to an activating group) is 1. The first kappa shape index (κ1) is 20.7. The van der Waals surface area contributed by atoms with Crippen LogP contribution in [0.2, 0.25) is 0 Å². The van der Waals surface area contributed by atoms with Gasteiger partial charge in [-0.1, -0.05) is 63.6 Å². The van der Waals surface area contributed by atoms with E-state index in [0.717, 1.165) is 29.7 Å². The Bertz CT molecular complexity index is 850. The van der Waals surface area contributed by atoms with Gasteiger partial charge in [-0.2, -0.15) is 0 Å². The maximum Gasteiger partial charge on any atom is 0.126 e. The minimum atomic E-state index is 0.413. The Morgan fingerprint density at radius 3 is 2.68 bits per heavy atom. The summed E-state index contributed by atoms with van der Waals surface area (Å²) in [6.45, 7) is 9.77. The molecule has 1 atom stereocenters. The summed E-state index contributed by atoms with van der Waals surface area (Å²) in [5, 5.41) is 11.0. The third-order valence-electron chi connectivity index (χ3n) is 6.11. The van der Waals surface area contributed by atoms with Crippen molar-refractivity contribution in [2.24, 2.45) is 0 Å². The average Bonchev–Trinajstić information content (AvgIpc) is 2.69. The Morgan fingerprint density at radius 2 is 2.00 bits per heavy atom. The molecule has 1 heterocycles. The lowest BCUT2D eigenvalue weighted by molar-refractivity contribution is 0.222. The van der Waals surface area contributed by atoms with Gasteiger partial charge < -0.3 is 5.11 Å². The molecule has 3 rings (SSSR count). The number of hydrogen-bond donors (Lipinski definition) is 1. The molecule has 0 saturated carbocycles. The number of piperidine rings is 1. The fourth-order valence-electron chi connectivity index (χ4n) is 4.15. The van der Waals surface area contributed by atoms with E-state index in [-0.39, 0.29) is 0 Å². The molecule has 1 aliphatic heterocycles. The molecule has 2 nitrogen and oxygen atoms in total. The molecule has 0 spiro atoms. The number of likely N-dealkylation sites (tertiary alicyclic amines) is 1. The van der Waals surface area contributed by atoms with E-state index in [9.17, 15) is 5.11 Å². The molecule has 0 aromatic heterocycles. The van der Waals surface area contributed by atoms with E-state index in [4.69, 9.17) is 0 Å². The predicted octanol–water partition coefficient (Wildman–Crippen LogP) is 6.30. The molecular weight excluding hydrogens is 342 g/mol. The van der Waals surface area contributed by atoms with Crippen LogP contribution in [0.5, 0.6) is 5.75 Å². The molecule has 1 fully saturated rings. The van der Waals surface area contributed by atoms with E-state index >= 15 is 0 Å². The van der Waals surface area contributed by atoms with Crippen molar-refractivity contribution in [2.45, 2.75) is 65.3 Å². The Balaban J connectivity index is 2.19. The molecule has 150 valence electrons. The molecule has 1 aliphatic rings. The number of benzene rings is 2. The third kappa shape index (κ3) is 4.50. The number of phenolic OH excluding ortho intramolecular Hbond substituents is 1. The van der Waals surface area contributed by atoms with E-state index in [1.165, 1.54) is 36.0 Å². The summed E-state index contributed by atoms with van der Waals surface area (Å²) in [6.07, 6.45) is 7.13. The summed E-state index contributed by atoms with van der Waals surface area (Å²) in [5.74, 6) is 0.842. The van der Waals surface area contributed by atoms with Crippen LogP contribution in [-0.4, -0.2) is 29.6 Å². The van der Waals surface area contributed by atoms with E-state index in [0.29, 0.717) is 17.7 Å². The Kier molecular flexibility index (Phi) is 6.61. The quantitative estimate of drug-likeness (QED) is 0.660. The van der Waals surface area contributed by atoms with Crippen molar-refractivity contribution in [1.82, 2.24) is 4.90 Å². The van der Waals surface area contributed by atoms with Gasteiger partial charge in [0.1, 0.15) is 5.75 Å². The second kappa shape index (κ2) is 8.96. The Labute approximate surface area is 170 Å². The van der Waals surface area contributed by atoms with Gasteiger partial charge in [0.05, 0.1) is 0 Å². The molecule has 0 amide bonds. The minimum Gasteiger partial charge on any atom is -0.507 e. The monoisotopic (exact) mass is 377 g/mol. The van der Waals surface area contributed by atoms with Crippen LogP contribution in [0, 0.1) is 6.92 Å². The van der Waals surface area contributed by atoms with Gasteiger partial charge in [-0.05, 0) is 79.6 Å². The summed E-state index contributed by atoms with van der Waals surface area (Å²) in [4.78, 5) is 2.45. The van der Waals surface area contributed by atoms with Crippen molar-refractivity contribution >= 4 is 5.57 Å². The van der Waals surface area contributed by atoms with E-state index in [1.54, 1.807) is 0 Å². The normalized spacial score (nSPS) is 18.6. The highest BCUT2D eigenvalue weighted by Gasteiger charge is 2.21. The zero-order valence-corrected chi connectivity index (χ0v) is 18.1. The van der Waals surface area contributed by atoms with Crippen molar-refractivity contribution in [3.63, 3.8) is 0 Å². The number of rotatable bonds is 5. The van der Waals surface area contributed by atoms with Crippen LogP contribution in [0.1, 0.15) is 73.8 Å². The van der Waals surface area contributed by atoms with Gasteiger partial charge in [-0.3, -0.25) is 4.90 Å². The van der Waals surface area contributed by atoms with Gasteiger partial charge in [-0.25, -0.2) is 0 Å². The fourth-order valence-corrected chi connectivity index (χ4v) is 4.15. The summed E-state index contributed by atoms with van der Waals surface area (Å²) >= 11 is 0. The van der Waals surface area contributed by atoms with Gasteiger partial charge in [0.25, 0.3) is 0 Å². The molecule has 28 heavy (non-hydrogen) atoms. The molecule has 2 aromatic carbocycles. The molecule has 0 bridgehead atoms. The lowest BCUT2D eigenvalue weighted by Crippen LogP contribution is -2.34. The summed E-state index contributed by atoms with van der Waals surface area (Å²) < 4.78 is 0. The van der Waals surface area contributed by atoms with E-state index < -0.39 is 0 Å². The van der Waals surface area contributed by atoms with Crippen molar-refractivity contribution in [1.29, 1.82) is 0 Å². The summed E-state index contributed by atoms with van der Waals surface area (Å²) in [5.41, 5.74) is 6.90. The third-order valence-corrected chi connectivity index (χ3v) is 6.11. The van der Waals surface area contributed by atoms with Gasteiger partial charge in [0.2, 0.25) is 0 Å². The van der Waals surface area contributed by atoms with Crippen LogP contribution in [0.3, 0.4) is 0 Å². The average molecular weight is 378 g/mol. The van der Waals surface area contributed by atoms with Crippen LogP contribution in [0.25, 0.3) is 5.57 Å². The van der Waals surface area contributed by atoms with Gasteiger partial charge in [0, 0.05) is 11.6 Å². The smallest absolute Gasteiger partial charge is 0.126 e. The van der Waals surface area contributed by atoms with Crippen LogP contribution in [0.4, 0.5) is 0 Å². The lowest BCUT2D eigenvalue weighted by Gasteiger charge is -2.31. The van der Waals surface area contributed by atoms with Crippen LogP contribution in [0.15, 0.2) is 42.5 Å². The molecule has 2 heteroatoms. The lowest BCUT2D eigenvalue weighted by atomic mass is 9.88. The highest BCUT2D eigenvalue weighted by molar-refractivity contribution is 5.84. The van der Waals surface area contributed by atoms with Crippen molar-refractivity contribution in [3.05, 3.63) is 70.3 Å². The van der Waals surface area contributed by atoms with E-state index in [1.807, 2.05) is 6.92 Å². The molecular formula is C26H35NO. The van der Waals surface area contributed by atoms with Gasteiger partial charge in [0.15, 0.2) is 0 Å². The van der Waals surface area contributed by atoms with Crippen molar-refractivity contribution in [2.75, 3.05) is 13.6 Å². The van der Waals surface area contributed by atoms with Crippen LogP contribution >= 0.6 is 0 Å². The minimum absolute atomic E-state index is 0.413. The molecule has 2 aromatic rings. The summed E-state index contributed by atoms with van der Waals surface area (Å²) in [6, 6.07) is 13.5. The standard InChI is InChI=1S/C26H35NO/c1-6-20-10-9-11-21(15-20)24(17-23-12-7-8-13-27(23)5)25-16-22(18(2)3)14-19(4)26(25)28/h9-11,14-18,23,28H,6-8,12-13H2,1-5H3/b24-17+. The van der Waals surface area contributed by atoms with Gasteiger partial charge in [-0.15, -0.1) is 0 Å². The highest BCUT2D eigenvalue weighted by atomic mass is 16.3. The Hall–Kier alpha value is -2.06. The van der Waals surface area contributed by atoms with Crippen molar-refractivity contribution in [3.8, 4) is 5.75 Å². The largest absolute Gasteiger partial charge is 0.507 e. The first-order valence-electron chi connectivity index (χ1n) is 10.8. The van der Waals surface area contributed by atoms with Crippen molar-refractivity contribution < 1.29 is 5.11 Å². The summed E-state index contributed by atoms with van der Waals surface area (Å²) in [7, 11) is 2.22. The number of aromatic hydroxyl groups is 1. The first-order valence-corrected chi connectivity index (χ1v) is 10.8. The molecule has 1 saturated heterocycles. The van der Waals surface area contributed by atoms with Gasteiger partial charge >= 0.3 is 0 Å². The second-order valence-corrected chi connectivity index (χ2v) is 8.57. The zero-order valence-electron chi connectivity index (χ0n) is 18.1. The predicted molar refractivity (Wildman–Crippen MR) is 120 cm³/mol. The maximum absolute atomic E-state index is 11.0. The molecule has 0 radical (unpaired) electrons. The first-order chi connectivity index (χ1) is 13.4. The topological polar surface area (TPSA) is 23.5 Å². The molecule has 1 N–H and O–H groups in total. The Morgan fingerprint density at radius 1 is 1.21 bits per heavy atom. The van der Waals surface area contributed by atoms with Crippen LogP contribution in [-0.2, 0) is 6.42 Å². The SMILES string of the molecule is CCc1cccc(/C(=C\C2CCCCN2C)c2cc(C(C)C)cc(C)c2O)c1. The zero-order chi connectivity index (χ0) is 20.3. The molecule has 1 unspecified atom stereocenters. The number of hydrogen-bond acceptors (Lipinski definition) is 2. The number of aryl methyl sites for hydroxylation is 2. The number of phenols is 1. The number of nitrogens with zero attached hydrogens (tertiary/aromatic N) is 1. The van der Waals surface area contributed by atoms with Crippen LogP contribution < -0.4 is 0 Å². The maximum atomic E-state index is 11.0. The highest BCUT2D eigenvalue weighted by Crippen LogP contribution is 2.37.